The van der Waals surface area contributed by atoms with Crippen LogP contribution in [0.4, 0.5) is 5.69 Å². The number of hydrogen-bond donors (Lipinski definition) is 1. The lowest BCUT2D eigenvalue weighted by Gasteiger charge is -2.28. The second-order valence-electron chi connectivity index (χ2n) is 4.53. The van der Waals surface area contributed by atoms with Crippen molar-refractivity contribution in [3.05, 3.63) is 29.8 Å². The van der Waals surface area contributed by atoms with Crippen molar-refractivity contribution in [1.82, 2.24) is 4.90 Å². The van der Waals surface area contributed by atoms with Gasteiger partial charge in [-0.2, -0.15) is 0 Å². The van der Waals surface area contributed by atoms with E-state index in [9.17, 15) is 4.79 Å². The molecule has 1 heterocycles. The third-order valence-electron chi connectivity index (χ3n) is 3.14. The Bertz CT molecular complexity index is 413. The Balaban J connectivity index is 1.98. The van der Waals surface area contributed by atoms with E-state index in [1.54, 1.807) is 4.90 Å². The number of amides is 1. The van der Waals surface area contributed by atoms with Crippen LogP contribution in [-0.4, -0.2) is 43.3 Å². The Morgan fingerprint density at radius 2 is 2.11 bits per heavy atom. The van der Waals surface area contributed by atoms with Gasteiger partial charge in [0, 0.05) is 18.8 Å². The number of benzene rings is 1. The maximum Gasteiger partial charge on any atom is 0.254 e. The minimum atomic E-state index is -0.470. The number of likely N-dealkylation sites (N-methyl/N-ethyl adjacent to an activating group) is 1. The van der Waals surface area contributed by atoms with Crippen molar-refractivity contribution in [1.29, 1.82) is 0 Å². The largest absolute Gasteiger partial charge is 0.399 e. The fraction of sp³-hybridized carbons (Fsp3) is 0.500. The molecule has 19 heavy (non-hydrogen) atoms. The van der Waals surface area contributed by atoms with Gasteiger partial charge in [-0.15, -0.1) is 0 Å². The molecule has 0 bridgehead atoms. The van der Waals surface area contributed by atoms with E-state index in [-0.39, 0.29) is 5.91 Å². The molecule has 1 aliphatic rings. The summed E-state index contributed by atoms with van der Waals surface area (Å²) in [4.78, 5) is 14.1. The summed E-state index contributed by atoms with van der Waals surface area (Å²) >= 11 is 0. The molecule has 5 heteroatoms. The average molecular weight is 264 g/mol. The summed E-state index contributed by atoms with van der Waals surface area (Å²) in [6.07, 6.45) is -0.470. The van der Waals surface area contributed by atoms with Crippen molar-refractivity contribution in [2.45, 2.75) is 19.6 Å². The third kappa shape index (κ3) is 3.68. The first-order valence-corrected chi connectivity index (χ1v) is 6.53. The smallest absolute Gasteiger partial charge is 0.254 e. The number of nitrogen functional groups attached to an aromatic ring is 1. The number of rotatable bonds is 4. The van der Waals surface area contributed by atoms with Crippen molar-refractivity contribution in [3.8, 4) is 0 Å². The molecule has 0 aromatic heterocycles. The number of carbonyl (C=O) groups is 1. The summed E-state index contributed by atoms with van der Waals surface area (Å²) in [5, 5.41) is 0. The molecule has 1 saturated heterocycles. The Morgan fingerprint density at radius 3 is 2.68 bits per heavy atom. The summed E-state index contributed by atoms with van der Waals surface area (Å²) in [7, 11) is 0. The molecule has 1 unspecified atom stereocenters. The van der Waals surface area contributed by atoms with Gasteiger partial charge in [-0.25, -0.2) is 0 Å². The van der Waals surface area contributed by atoms with Crippen molar-refractivity contribution < 1.29 is 14.3 Å². The second-order valence-corrected chi connectivity index (χ2v) is 4.53. The fourth-order valence-corrected chi connectivity index (χ4v) is 2.02. The van der Waals surface area contributed by atoms with Gasteiger partial charge in [0.2, 0.25) is 0 Å². The highest BCUT2D eigenvalue weighted by atomic mass is 16.6. The zero-order valence-corrected chi connectivity index (χ0v) is 11.2. The topological polar surface area (TPSA) is 64.8 Å². The highest BCUT2D eigenvalue weighted by molar-refractivity contribution is 5.81. The van der Waals surface area contributed by atoms with E-state index in [0.29, 0.717) is 32.9 Å². The number of nitrogens with two attached hydrogens (primary N) is 1. The zero-order valence-electron chi connectivity index (χ0n) is 11.2. The monoisotopic (exact) mass is 264 g/mol. The number of anilines is 1. The molecule has 1 amide bonds. The number of carbonyl (C=O) groups excluding carboxylic acids is 1. The molecule has 0 spiro atoms. The second kappa shape index (κ2) is 6.54. The molecule has 5 nitrogen and oxygen atoms in total. The summed E-state index contributed by atoms with van der Waals surface area (Å²) in [5.74, 6) is -0.0148. The van der Waals surface area contributed by atoms with E-state index in [2.05, 4.69) is 0 Å². The molecule has 0 aliphatic carbocycles. The van der Waals surface area contributed by atoms with Crippen molar-refractivity contribution >= 4 is 11.6 Å². The third-order valence-corrected chi connectivity index (χ3v) is 3.14. The molecular weight excluding hydrogens is 244 g/mol. The van der Waals surface area contributed by atoms with E-state index in [4.69, 9.17) is 15.2 Å². The van der Waals surface area contributed by atoms with Crippen LogP contribution in [0.5, 0.6) is 0 Å². The highest BCUT2D eigenvalue weighted by Crippen LogP contribution is 2.11. The lowest BCUT2D eigenvalue weighted by atomic mass is 10.2. The van der Waals surface area contributed by atoms with E-state index in [0.717, 1.165) is 11.3 Å². The van der Waals surface area contributed by atoms with Crippen LogP contribution in [0.25, 0.3) is 0 Å². The van der Waals surface area contributed by atoms with Crippen LogP contribution in [0.3, 0.4) is 0 Å². The quantitative estimate of drug-likeness (QED) is 0.825. The SMILES string of the molecule is CCN(Cc1ccc(N)cc1)C(=O)C1COCCO1. The van der Waals surface area contributed by atoms with E-state index >= 15 is 0 Å². The molecule has 2 N–H and O–H groups in total. The molecule has 0 radical (unpaired) electrons. The Hall–Kier alpha value is -1.59. The molecule has 1 aromatic rings. The Labute approximate surface area is 113 Å². The first-order chi connectivity index (χ1) is 9.20. The molecular formula is C14H20N2O3. The van der Waals surface area contributed by atoms with Gasteiger partial charge in [0.25, 0.3) is 5.91 Å². The number of hydrogen-bond acceptors (Lipinski definition) is 4. The lowest BCUT2D eigenvalue weighted by Crippen LogP contribution is -2.44. The van der Waals surface area contributed by atoms with Crippen molar-refractivity contribution in [3.63, 3.8) is 0 Å². The van der Waals surface area contributed by atoms with Crippen LogP contribution in [0, 0.1) is 0 Å². The van der Waals surface area contributed by atoms with Gasteiger partial charge in [0.15, 0.2) is 6.10 Å². The lowest BCUT2D eigenvalue weighted by molar-refractivity contribution is -0.158. The molecule has 1 aliphatic heterocycles. The van der Waals surface area contributed by atoms with Crippen LogP contribution in [-0.2, 0) is 20.8 Å². The number of nitrogens with zero attached hydrogens (tertiary/aromatic N) is 1. The molecule has 2 rings (SSSR count). The Morgan fingerprint density at radius 1 is 1.37 bits per heavy atom. The molecule has 1 aromatic carbocycles. The normalized spacial score (nSPS) is 19.1. The first-order valence-electron chi connectivity index (χ1n) is 6.53. The maximum absolute atomic E-state index is 12.3. The summed E-state index contributed by atoms with van der Waals surface area (Å²) < 4.78 is 10.7. The van der Waals surface area contributed by atoms with Crippen LogP contribution in [0.1, 0.15) is 12.5 Å². The van der Waals surface area contributed by atoms with E-state index in [1.807, 2.05) is 31.2 Å². The van der Waals surface area contributed by atoms with E-state index in [1.165, 1.54) is 0 Å². The van der Waals surface area contributed by atoms with Gasteiger partial charge in [-0.1, -0.05) is 12.1 Å². The van der Waals surface area contributed by atoms with Crippen LogP contribution in [0.2, 0.25) is 0 Å². The van der Waals surface area contributed by atoms with Gasteiger partial charge < -0.3 is 20.1 Å². The summed E-state index contributed by atoms with van der Waals surface area (Å²) in [5.41, 5.74) is 7.43. The standard InChI is InChI=1S/C14H20N2O3/c1-2-16(9-11-3-5-12(15)6-4-11)14(17)13-10-18-7-8-19-13/h3-6,13H,2,7-10,15H2,1H3. The highest BCUT2D eigenvalue weighted by Gasteiger charge is 2.26. The minimum absolute atomic E-state index is 0.0148. The van der Waals surface area contributed by atoms with E-state index < -0.39 is 6.10 Å². The summed E-state index contributed by atoms with van der Waals surface area (Å²) in [6.45, 7) is 4.55. The van der Waals surface area contributed by atoms with Gasteiger partial charge in [-0.05, 0) is 24.6 Å². The maximum atomic E-state index is 12.3. The van der Waals surface area contributed by atoms with Crippen LogP contribution >= 0.6 is 0 Å². The van der Waals surface area contributed by atoms with Gasteiger partial charge in [0.1, 0.15) is 0 Å². The Kier molecular flexibility index (Phi) is 4.76. The van der Waals surface area contributed by atoms with Gasteiger partial charge in [-0.3, -0.25) is 4.79 Å². The molecule has 104 valence electrons. The minimum Gasteiger partial charge on any atom is -0.399 e. The summed E-state index contributed by atoms with van der Waals surface area (Å²) in [6, 6.07) is 7.55. The first kappa shape index (κ1) is 13.8. The zero-order chi connectivity index (χ0) is 13.7. The van der Waals surface area contributed by atoms with Crippen LogP contribution in [0.15, 0.2) is 24.3 Å². The van der Waals surface area contributed by atoms with Crippen LogP contribution < -0.4 is 5.73 Å². The van der Waals surface area contributed by atoms with Crippen molar-refractivity contribution in [2.75, 3.05) is 32.1 Å². The van der Waals surface area contributed by atoms with Gasteiger partial charge in [0.05, 0.1) is 19.8 Å². The average Bonchev–Trinajstić information content (AvgIpc) is 2.47. The molecule has 1 atom stereocenters. The fourth-order valence-electron chi connectivity index (χ4n) is 2.02. The number of ether oxygens (including phenoxy) is 2. The molecule has 1 fully saturated rings. The van der Waals surface area contributed by atoms with Gasteiger partial charge >= 0.3 is 0 Å². The predicted molar refractivity (Wildman–Crippen MR) is 72.5 cm³/mol. The van der Waals surface area contributed by atoms with Crippen molar-refractivity contribution in [2.24, 2.45) is 0 Å². The predicted octanol–water partition coefficient (Wildman–Crippen LogP) is 1.03. The molecule has 0 saturated carbocycles.